The van der Waals surface area contributed by atoms with Gasteiger partial charge in [0.1, 0.15) is 17.4 Å². The number of benzene rings is 1. The number of rotatable bonds is 4. The number of nitrogens with two attached hydrogens (primary N) is 1. The van der Waals surface area contributed by atoms with Gasteiger partial charge in [-0.25, -0.2) is 8.78 Å². The van der Waals surface area contributed by atoms with Gasteiger partial charge in [-0.3, -0.25) is 0 Å². The molecule has 0 aromatic heterocycles. The molecule has 0 radical (unpaired) electrons. The first-order valence-corrected chi connectivity index (χ1v) is 4.85. The average molecular weight is 215 g/mol. The van der Waals surface area contributed by atoms with Crippen molar-refractivity contribution in [3.63, 3.8) is 0 Å². The van der Waals surface area contributed by atoms with Crippen molar-refractivity contribution in [2.45, 2.75) is 32.4 Å². The van der Waals surface area contributed by atoms with Gasteiger partial charge in [-0.15, -0.1) is 0 Å². The maximum absolute atomic E-state index is 12.8. The van der Waals surface area contributed by atoms with Gasteiger partial charge in [-0.2, -0.15) is 0 Å². The van der Waals surface area contributed by atoms with E-state index in [1.165, 1.54) is 0 Å². The van der Waals surface area contributed by atoms with E-state index in [9.17, 15) is 8.78 Å². The molecule has 0 fully saturated rings. The molecule has 0 heterocycles. The van der Waals surface area contributed by atoms with Crippen LogP contribution in [0.4, 0.5) is 8.78 Å². The molecule has 0 saturated carbocycles. The second-order valence-electron chi connectivity index (χ2n) is 3.75. The smallest absolute Gasteiger partial charge is 0.129 e. The van der Waals surface area contributed by atoms with Crippen molar-refractivity contribution in [1.29, 1.82) is 0 Å². The second kappa shape index (κ2) is 5.07. The van der Waals surface area contributed by atoms with E-state index in [1.807, 2.05) is 13.8 Å². The molecule has 1 aromatic rings. The molecular weight excluding hydrogens is 200 g/mol. The van der Waals surface area contributed by atoms with Crippen molar-refractivity contribution >= 4 is 0 Å². The molecule has 0 aliphatic heterocycles. The standard InChI is InChI=1S/C11H15F2NO/c1-7(14)3-8(2)15-11-5-9(12)4-10(13)6-11/h4-8H,3,14H2,1-2H3. The Kier molecular flexibility index (Phi) is 4.03. The second-order valence-corrected chi connectivity index (χ2v) is 3.75. The average Bonchev–Trinajstić information content (AvgIpc) is 1.98. The lowest BCUT2D eigenvalue weighted by molar-refractivity contribution is 0.201. The van der Waals surface area contributed by atoms with Crippen LogP contribution in [-0.2, 0) is 0 Å². The zero-order valence-corrected chi connectivity index (χ0v) is 8.84. The van der Waals surface area contributed by atoms with Crippen LogP contribution < -0.4 is 10.5 Å². The predicted octanol–water partition coefficient (Wildman–Crippen LogP) is 2.47. The highest BCUT2D eigenvalue weighted by Gasteiger charge is 2.08. The van der Waals surface area contributed by atoms with Crippen molar-refractivity contribution < 1.29 is 13.5 Å². The molecule has 1 rings (SSSR count). The summed E-state index contributed by atoms with van der Waals surface area (Å²) in [7, 11) is 0. The summed E-state index contributed by atoms with van der Waals surface area (Å²) < 4.78 is 30.9. The van der Waals surface area contributed by atoms with E-state index in [2.05, 4.69) is 0 Å². The Morgan fingerprint density at radius 1 is 1.20 bits per heavy atom. The zero-order valence-electron chi connectivity index (χ0n) is 8.84. The number of ether oxygens (including phenoxy) is 1. The number of hydrogen-bond donors (Lipinski definition) is 1. The van der Waals surface area contributed by atoms with E-state index >= 15 is 0 Å². The van der Waals surface area contributed by atoms with Gasteiger partial charge in [0.05, 0.1) is 6.10 Å². The molecule has 2 atom stereocenters. The van der Waals surface area contributed by atoms with E-state index in [4.69, 9.17) is 10.5 Å². The van der Waals surface area contributed by atoms with Gasteiger partial charge in [0.2, 0.25) is 0 Å². The first-order chi connectivity index (χ1) is 6.97. The Balaban J connectivity index is 2.63. The van der Waals surface area contributed by atoms with Crippen molar-refractivity contribution in [3.8, 4) is 5.75 Å². The van der Waals surface area contributed by atoms with E-state index in [1.54, 1.807) is 0 Å². The van der Waals surface area contributed by atoms with Crippen LogP contribution in [0.5, 0.6) is 5.75 Å². The summed E-state index contributed by atoms with van der Waals surface area (Å²) in [5.74, 6) is -1.09. The van der Waals surface area contributed by atoms with Crippen LogP contribution in [0.25, 0.3) is 0 Å². The van der Waals surface area contributed by atoms with Gasteiger partial charge in [0.25, 0.3) is 0 Å². The maximum atomic E-state index is 12.8. The Hall–Kier alpha value is -1.16. The fourth-order valence-electron chi connectivity index (χ4n) is 1.40. The molecule has 0 aliphatic rings. The van der Waals surface area contributed by atoms with Crippen LogP contribution in [0.3, 0.4) is 0 Å². The van der Waals surface area contributed by atoms with E-state index < -0.39 is 11.6 Å². The molecule has 2 nitrogen and oxygen atoms in total. The SMILES string of the molecule is CC(N)CC(C)Oc1cc(F)cc(F)c1. The summed E-state index contributed by atoms with van der Waals surface area (Å²) in [6, 6.07) is 3.11. The quantitative estimate of drug-likeness (QED) is 0.837. The summed E-state index contributed by atoms with van der Waals surface area (Å²) in [6.45, 7) is 3.66. The summed E-state index contributed by atoms with van der Waals surface area (Å²) >= 11 is 0. The Morgan fingerprint density at radius 2 is 1.73 bits per heavy atom. The summed E-state index contributed by atoms with van der Waals surface area (Å²) in [4.78, 5) is 0. The Labute approximate surface area is 88.0 Å². The maximum Gasteiger partial charge on any atom is 0.129 e. The summed E-state index contributed by atoms with van der Waals surface area (Å²) in [5, 5.41) is 0. The summed E-state index contributed by atoms with van der Waals surface area (Å²) in [6.07, 6.45) is 0.476. The van der Waals surface area contributed by atoms with Crippen LogP contribution >= 0.6 is 0 Å². The van der Waals surface area contributed by atoms with Gasteiger partial charge in [0.15, 0.2) is 0 Å². The molecule has 0 aliphatic carbocycles. The molecule has 4 heteroatoms. The van der Waals surface area contributed by atoms with Crippen LogP contribution in [0, 0.1) is 11.6 Å². The van der Waals surface area contributed by atoms with Crippen LogP contribution in [-0.4, -0.2) is 12.1 Å². The lowest BCUT2D eigenvalue weighted by Crippen LogP contribution is -2.24. The van der Waals surface area contributed by atoms with Gasteiger partial charge in [0, 0.05) is 24.2 Å². The molecular formula is C11H15F2NO. The van der Waals surface area contributed by atoms with Gasteiger partial charge in [-0.05, 0) is 20.3 Å². The van der Waals surface area contributed by atoms with E-state index in [0.29, 0.717) is 6.42 Å². The molecule has 15 heavy (non-hydrogen) atoms. The third-order valence-electron chi connectivity index (χ3n) is 1.88. The van der Waals surface area contributed by atoms with Gasteiger partial charge >= 0.3 is 0 Å². The minimum Gasteiger partial charge on any atom is -0.490 e. The lowest BCUT2D eigenvalue weighted by Gasteiger charge is -2.16. The van der Waals surface area contributed by atoms with Crippen LogP contribution in [0.1, 0.15) is 20.3 Å². The summed E-state index contributed by atoms with van der Waals surface area (Å²) in [5.41, 5.74) is 5.58. The highest BCUT2D eigenvalue weighted by atomic mass is 19.1. The Morgan fingerprint density at radius 3 is 2.20 bits per heavy atom. The molecule has 2 N–H and O–H groups in total. The van der Waals surface area contributed by atoms with Crippen LogP contribution in [0.15, 0.2) is 18.2 Å². The van der Waals surface area contributed by atoms with E-state index in [0.717, 1.165) is 18.2 Å². The minimum absolute atomic E-state index is 0.00148. The molecule has 0 bridgehead atoms. The highest BCUT2D eigenvalue weighted by Crippen LogP contribution is 2.17. The van der Waals surface area contributed by atoms with Crippen LogP contribution in [0.2, 0.25) is 0 Å². The lowest BCUT2D eigenvalue weighted by atomic mass is 10.2. The van der Waals surface area contributed by atoms with Gasteiger partial charge < -0.3 is 10.5 Å². The van der Waals surface area contributed by atoms with E-state index in [-0.39, 0.29) is 17.9 Å². The normalized spacial score (nSPS) is 14.7. The Bertz CT molecular complexity index is 308. The van der Waals surface area contributed by atoms with Crippen molar-refractivity contribution in [3.05, 3.63) is 29.8 Å². The van der Waals surface area contributed by atoms with Gasteiger partial charge in [-0.1, -0.05) is 0 Å². The molecule has 1 aromatic carbocycles. The van der Waals surface area contributed by atoms with Crippen molar-refractivity contribution in [1.82, 2.24) is 0 Å². The topological polar surface area (TPSA) is 35.2 Å². The molecule has 0 saturated heterocycles. The third-order valence-corrected chi connectivity index (χ3v) is 1.88. The molecule has 0 spiro atoms. The molecule has 0 amide bonds. The molecule has 2 unspecified atom stereocenters. The van der Waals surface area contributed by atoms with Crippen molar-refractivity contribution in [2.24, 2.45) is 5.73 Å². The number of halogens is 2. The highest BCUT2D eigenvalue weighted by molar-refractivity contribution is 5.23. The first-order valence-electron chi connectivity index (χ1n) is 4.85. The number of hydrogen-bond acceptors (Lipinski definition) is 2. The van der Waals surface area contributed by atoms with Crippen molar-refractivity contribution in [2.75, 3.05) is 0 Å². The first kappa shape index (κ1) is 11.9. The predicted molar refractivity (Wildman–Crippen MR) is 54.7 cm³/mol. The zero-order chi connectivity index (χ0) is 11.4. The third kappa shape index (κ3) is 4.25. The fourth-order valence-corrected chi connectivity index (χ4v) is 1.40. The fraction of sp³-hybridized carbons (Fsp3) is 0.455. The largest absolute Gasteiger partial charge is 0.490 e. The molecule has 84 valence electrons. The minimum atomic E-state index is -0.641. The monoisotopic (exact) mass is 215 g/mol.